The van der Waals surface area contributed by atoms with E-state index in [1.165, 1.54) is 12.3 Å². The van der Waals surface area contributed by atoms with Crippen LogP contribution < -0.4 is 26.4 Å². The third-order valence-electron chi connectivity index (χ3n) is 9.83. The first kappa shape index (κ1) is 34.2. The fourth-order valence-electron chi connectivity index (χ4n) is 7.56. The van der Waals surface area contributed by atoms with Crippen LogP contribution in [0.25, 0.3) is 49.1 Å². The molecule has 2 amide bonds. The molecule has 2 saturated heterocycles. The normalized spacial score (nSPS) is 16.9. The topological polar surface area (TPSA) is 126 Å². The number of nitrogens with zero attached hydrogens (tertiary/aromatic N) is 3. The van der Waals surface area contributed by atoms with E-state index in [9.17, 15) is 19.2 Å². The Bertz CT molecular complexity index is 2460. The first-order valence-corrected chi connectivity index (χ1v) is 17.1. The van der Waals surface area contributed by atoms with Gasteiger partial charge in [-0.2, -0.15) is 0 Å². The van der Waals surface area contributed by atoms with Crippen LogP contribution in [-0.4, -0.2) is 72.2 Å². The highest BCUT2D eigenvalue weighted by molar-refractivity contribution is 6.15. The molecule has 0 spiro atoms. The third-order valence-corrected chi connectivity index (χ3v) is 9.83. The number of carbonyl (C=O) groups is 2. The third kappa shape index (κ3) is 6.01. The van der Waals surface area contributed by atoms with Gasteiger partial charge >= 0.3 is 6.09 Å². The average Bonchev–Trinajstić information content (AvgIpc) is 3.81. The summed E-state index contributed by atoms with van der Waals surface area (Å²) in [6.07, 6.45) is 3.71. The molecule has 266 valence electrons. The summed E-state index contributed by atoms with van der Waals surface area (Å²) >= 11 is 0. The van der Waals surface area contributed by atoms with Crippen molar-refractivity contribution in [1.82, 2.24) is 19.9 Å². The predicted octanol–water partition coefficient (Wildman–Crippen LogP) is 6.01. The number of fused-ring (bicyclic) bond motifs is 5. The first-order chi connectivity index (χ1) is 24.0. The van der Waals surface area contributed by atoms with Crippen molar-refractivity contribution >= 4 is 66.8 Å². The number of pyridine rings is 1. The molecule has 51 heavy (non-hydrogen) atoms. The summed E-state index contributed by atoms with van der Waals surface area (Å²) in [5.41, 5.74) is -0.203. The molecular formula is C39H42FN5O6. The minimum atomic E-state index is -0.700. The summed E-state index contributed by atoms with van der Waals surface area (Å²) in [7, 11) is 0. The number of anilines is 1. The number of carbonyl (C=O) groups excluding carboxylic acids is 2. The van der Waals surface area contributed by atoms with E-state index in [4.69, 9.17) is 9.15 Å². The van der Waals surface area contributed by atoms with Gasteiger partial charge in [0, 0.05) is 43.1 Å². The Morgan fingerprint density at radius 2 is 1.71 bits per heavy atom. The smallest absolute Gasteiger partial charge is 0.407 e. The van der Waals surface area contributed by atoms with E-state index in [0.29, 0.717) is 53.2 Å². The molecule has 6 aromatic rings. The number of hydrogen-bond acceptors (Lipinski definition) is 8. The number of rotatable bonds is 6. The Kier molecular flexibility index (Phi) is 8.61. The number of amides is 2. The highest BCUT2D eigenvalue weighted by Crippen LogP contribution is 2.38. The molecule has 4 heterocycles. The zero-order chi connectivity index (χ0) is 34.9. The quantitative estimate of drug-likeness (QED) is 0.161. The number of benzene rings is 3. The summed E-state index contributed by atoms with van der Waals surface area (Å²) in [5, 5.41) is 8.26. The van der Waals surface area contributed by atoms with Crippen LogP contribution in [0.15, 0.2) is 62.7 Å². The van der Waals surface area contributed by atoms with Gasteiger partial charge in [-0.3, -0.25) is 14.4 Å². The Labute approximate surface area is 293 Å². The molecule has 2 N–H and O–H groups in total. The highest BCUT2D eigenvalue weighted by atomic mass is 19.1. The van der Waals surface area contributed by atoms with Crippen molar-refractivity contribution in [3.63, 3.8) is 0 Å². The Hall–Kier alpha value is -5.23. The van der Waals surface area contributed by atoms with Crippen LogP contribution in [0.2, 0.25) is 0 Å². The number of aromatic nitrogens is 1. The monoisotopic (exact) mass is 695 g/mol. The molecule has 2 aliphatic heterocycles. The van der Waals surface area contributed by atoms with E-state index in [2.05, 4.69) is 15.5 Å². The van der Waals surface area contributed by atoms with Gasteiger partial charge in [-0.1, -0.05) is 31.7 Å². The van der Waals surface area contributed by atoms with Gasteiger partial charge in [0.15, 0.2) is 22.4 Å². The molecule has 1 atom stereocenters. The second-order valence-electron chi connectivity index (χ2n) is 14.4. The zero-order valence-electron chi connectivity index (χ0n) is 28.2. The Morgan fingerprint density at radius 3 is 2.45 bits per heavy atom. The van der Waals surface area contributed by atoms with Gasteiger partial charge in [-0.15, -0.1) is 0 Å². The molecule has 2 aliphatic rings. The molecule has 8 rings (SSSR count). The molecule has 2 fully saturated rings. The molecule has 0 bridgehead atoms. The molecule has 0 saturated carbocycles. The SMILES string of the molecule is C.CC(C)(C)OC(=O)N[C@H]1CCN(c2c(F)cc3c(=O)c(C(=O)NCCN4CCCC4)cn4c5cc6c(cc5oc2c34)c(=O)c2ccccc26)C1. The van der Waals surface area contributed by atoms with Gasteiger partial charge in [0.2, 0.25) is 5.43 Å². The number of halogens is 1. The minimum absolute atomic E-state index is 0. The van der Waals surface area contributed by atoms with E-state index >= 15 is 4.39 Å². The zero-order valence-corrected chi connectivity index (χ0v) is 28.2. The van der Waals surface area contributed by atoms with Crippen molar-refractivity contribution in [2.24, 2.45) is 0 Å². The van der Waals surface area contributed by atoms with Crippen molar-refractivity contribution in [2.75, 3.05) is 44.2 Å². The van der Waals surface area contributed by atoms with Crippen LogP contribution in [0.3, 0.4) is 0 Å². The lowest BCUT2D eigenvalue weighted by Crippen LogP contribution is -2.40. The van der Waals surface area contributed by atoms with Crippen LogP contribution in [0.1, 0.15) is 57.8 Å². The van der Waals surface area contributed by atoms with Crippen LogP contribution in [0.4, 0.5) is 14.9 Å². The summed E-state index contributed by atoms with van der Waals surface area (Å²) < 4.78 is 30.0. The van der Waals surface area contributed by atoms with Gasteiger partial charge in [0.1, 0.15) is 22.4 Å². The van der Waals surface area contributed by atoms with Crippen LogP contribution >= 0.6 is 0 Å². The number of likely N-dealkylation sites (tertiary alicyclic amines) is 1. The van der Waals surface area contributed by atoms with E-state index in [1.54, 1.807) is 42.2 Å². The molecular weight excluding hydrogens is 653 g/mol. The van der Waals surface area contributed by atoms with Crippen molar-refractivity contribution < 1.29 is 23.1 Å². The van der Waals surface area contributed by atoms with Crippen molar-refractivity contribution in [3.8, 4) is 0 Å². The van der Waals surface area contributed by atoms with Gasteiger partial charge in [0.25, 0.3) is 5.91 Å². The predicted molar refractivity (Wildman–Crippen MR) is 198 cm³/mol. The molecule has 4 aromatic carbocycles. The first-order valence-electron chi connectivity index (χ1n) is 17.1. The van der Waals surface area contributed by atoms with Crippen molar-refractivity contribution in [3.05, 3.63) is 80.5 Å². The van der Waals surface area contributed by atoms with Crippen LogP contribution in [0.5, 0.6) is 0 Å². The largest absolute Gasteiger partial charge is 0.451 e. The number of hydrogen-bond donors (Lipinski definition) is 2. The Balaban J connectivity index is 0.00000406. The van der Waals surface area contributed by atoms with Crippen molar-refractivity contribution in [2.45, 2.75) is 59.1 Å². The number of nitrogens with one attached hydrogen (secondary N) is 2. The lowest BCUT2D eigenvalue weighted by molar-refractivity contribution is 0.0508. The Morgan fingerprint density at radius 1 is 0.961 bits per heavy atom. The maximum atomic E-state index is 16.4. The second kappa shape index (κ2) is 12.8. The number of ether oxygens (including phenoxy) is 1. The van der Waals surface area contributed by atoms with Gasteiger partial charge in [-0.05, 0) is 82.1 Å². The van der Waals surface area contributed by atoms with Gasteiger partial charge in [-0.25, -0.2) is 9.18 Å². The summed E-state index contributed by atoms with van der Waals surface area (Å²) in [5.74, 6) is -1.25. The molecule has 12 heteroatoms. The molecule has 0 radical (unpaired) electrons. The minimum Gasteiger partial charge on any atom is -0.451 e. The average molecular weight is 696 g/mol. The fourth-order valence-corrected chi connectivity index (χ4v) is 7.56. The molecule has 11 nitrogen and oxygen atoms in total. The van der Waals surface area contributed by atoms with E-state index < -0.39 is 28.8 Å². The maximum absolute atomic E-state index is 16.4. The van der Waals surface area contributed by atoms with Crippen LogP contribution in [0, 0.1) is 5.82 Å². The van der Waals surface area contributed by atoms with Gasteiger partial charge in [0.05, 0.1) is 16.9 Å². The van der Waals surface area contributed by atoms with E-state index in [-0.39, 0.29) is 53.2 Å². The standard InChI is InChI=1S/C38H38FN5O6.CH4/c1-38(2,3)50-37(48)41-21-10-14-43(19-21)32-28(39)16-26-31-35(32)49-30-18-25-24(22-8-4-5-9-23(22)33(25)45)17-29(30)44(31)20-27(34(26)46)36(47)40-11-15-42-12-6-7-13-42;/h4-5,8-9,16-18,20-21H,6-7,10-15,19H2,1-3H3,(H,40,47)(H,41,48);1H4/t21-;/m0./s1. The second-order valence-corrected chi connectivity index (χ2v) is 14.4. The van der Waals surface area contributed by atoms with Crippen LogP contribution in [-0.2, 0) is 4.74 Å². The lowest BCUT2D eigenvalue weighted by atomic mass is 10.1. The summed E-state index contributed by atoms with van der Waals surface area (Å²) in [6, 6.07) is 11.7. The van der Waals surface area contributed by atoms with E-state index in [1.807, 2.05) is 24.3 Å². The summed E-state index contributed by atoms with van der Waals surface area (Å²) in [6.45, 7) is 9.00. The molecule has 2 aromatic heterocycles. The lowest BCUT2D eigenvalue weighted by Gasteiger charge is -2.24. The number of alkyl carbamates (subject to hydrolysis) is 1. The van der Waals surface area contributed by atoms with Gasteiger partial charge < -0.3 is 34.0 Å². The van der Waals surface area contributed by atoms with E-state index in [0.717, 1.165) is 31.3 Å². The fraction of sp³-hybridized carbons (Fsp3) is 0.385. The maximum Gasteiger partial charge on any atom is 0.407 e. The summed E-state index contributed by atoms with van der Waals surface area (Å²) in [4.78, 5) is 57.6. The molecule has 0 aliphatic carbocycles. The molecule has 0 unspecified atom stereocenters. The highest BCUT2D eigenvalue weighted by Gasteiger charge is 2.32. The van der Waals surface area contributed by atoms with Crippen molar-refractivity contribution in [1.29, 1.82) is 0 Å².